The van der Waals surface area contributed by atoms with Crippen LogP contribution >= 0.6 is 0 Å². The van der Waals surface area contributed by atoms with Crippen LogP contribution in [0.15, 0.2) is 59.6 Å². The molecule has 16 heavy (non-hydrogen) atoms. The summed E-state index contributed by atoms with van der Waals surface area (Å²) in [7, 11) is 0. The number of nitrogens with zero attached hydrogens (tertiary/aromatic N) is 1. The number of hydrogen-bond donors (Lipinski definition) is 0. The van der Waals surface area contributed by atoms with Gasteiger partial charge in [0.2, 0.25) is 0 Å². The van der Waals surface area contributed by atoms with Crippen molar-refractivity contribution in [2.45, 2.75) is 13.3 Å². The molecule has 0 unspecified atom stereocenters. The van der Waals surface area contributed by atoms with Crippen molar-refractivity contribution in [2.24, 2.45) is 4.99 Å². The van der Waals surface area contributed by atoms with Crippen molar-refractivity contribution < 1.29 is 0 Å². The van der Waals surface area contributed by atoms with E-state index >= 15 is 0 Å². The van der Waals surface area contributed by atoms with Gasteiger partial charge in [-0.2, -0.15) is 0 Å². The molecule has 0 radical (unpaired) electrons. The minimum Gasteiger partial charge on any atom is -0.256 e. The van der Waals surface area contributed by atoms with Crippen LogP contribution in [-0.2, 0) is 6.42 Å². The van der Waals surface area contributed by atoms with Gasteiger partial charge >= 0.3 is 0 Å². The SMILES string of the molecule is CCc1ccccc1C=Nc1ccccc1. The summed E-state index contributed by atoms with van der Waals surface area (Å²) < 4.78 is 0. The van der Waals surface area contributed by atoms with Gasteiger partial charge in [0.1, 0.15) is 0 Å². The van der Waals surface area contributed by atoms with Gasteiger partial charge < -0.3 is 0 Å². The van der Waals surface area contributed by atoms with Gasteiger partial charge in [0.05, 0.1) is 5.69 Å². The minimum absolute atomic E-state index is 0.994. The molecule has 0 saturated carbocycles. The third-order valence-electron chi connectivity index (χ3n) is 2.54. The lowest BCUT2D eigenvalue weighted by atomic mass is 10.1. The molecule has 2 aromatic rings. The number of para-hydroxylation sites is 1. The third-order valence-corrected chi connectivity index (χ3v) is 2.54. The largest absolute Gasteiger partial charge is 0.256 e. The molecule has 2 aromatic carbocycles. The molecular weight excluding hydrogens is 194 g/mol. The molecule has 1 heteroatoms. The van der Waals surface area contributed by atoms with E-state index in [1.54, 1.807) is 0 Å². The lowest BCUT2D eigenvalue weighted by Gasteiger charge is -2.01. The summed E-state index contributed by atoms with van der Waals surface area (Å²) in [5.74, 6) is 0. The molecule has 2 rings (SSSR count). The van der Waals surface area contributed by atoms with Crippen LogP contribution in [-0.4, -0.2) is 6.21 Å². The first-order valence-corrected chi connectivity index (χ1v) is 5.57. The van der Waals surface area contributed by atoms with E-state index in [2.05, 4.69) is 30.1 Å². The highest BCUT2D eigenvalue weighted by Gasteiger charge is 1.95. The van der Waals surface area contributed by atoms with Crippen molar-refractivity contribution in [3.05, 3.63) is 65.7 Å². The number of aliphatic imine (C=N–C) groups is 1. The van der Waals surface area contributed by atoms with Crippen molar-refractivity contribution in [1.82, 2.24) is 0 Å². The summed E-state index contributed by atoms with van der Waals surface area (Å²) in [4.78, 5) is 4.46. The maximum atomic E-state index is 4.46. The molecule has 0 aliphatic rings. The van der Waals surface area contributed by atoms with Gasteiger partial charge in [-0.25, -0.2) is 0 Å². The fraction of sp³-hybridized carbons (Fsp3) is 0.133. The van der Waals surface area contributed by atoms with Crippen molar-refractivity contribution in [1.29, 1.82) is 0 Å². The Kier molecular flexibility index (Phi) is 3.50. The first-order valence-electron chi connectivity index (χ1n) is 5.57. The van der Waals surface area contributed by atoms with Crippen LogP contribution < -0.4 is 0 Å². The second-order valence-electron chi connectivity index (χ2n) is 3.65. The maximum Gasteiger partial charge on any atom is 0.0629 e. The predicted molar refractivity (Wildman–Crippen MR) is 69.5 cm³/mol. The van der Waals surface area contributed by atoms with Crippen LogP contribution in [0.1, 0.15) is 18.1 Å². The number of rotatable bonds is 3. The lowest BCUT2D eigenvalue weighted by molar-refractivity contribution is 1.13. The van der Waals surface area contributed by atoms with Crippen LogP contribution in [0, 0.1) is 0 Å². The van der Waals surface area contributed by atoms with Gasteiger partial charge in [0.15, 0.2) is 0 Å². The molecule has 1 nitrogen and oxygen atoms in total. The summed E-state index contributed by atoms with van der Waals surface area (Å²) in [6.45, 7) is 2.16. The topological polar surface area (TPSA) is 12.4 Å². The summed E-state index contributed by atoms with van der Waals surface area (Å²) >= 11 is 0. The van der Waals surface area contributed by atoms with E-state index in [4.69, 9.17) is 0 Å². The summed E-state index contributed by atoms with van der Waals surface area (Å²) in [5, 5.41) is 0. The summed E-state index contributed by atoms with van der Waals surface area (Å²) in [5.41, 5.74) is 3.53. The van der Waals surface area contributed by atoms with Crippen molar-refractivity contribution >= 4 is 11.9 Å². The quantitative estimate of drug-likeness (QED) is 0.677. The van der Waals surface area contributed by atoms with E-state index in [0.29, 0.717) is 0 Å². The molecule has 0 aromatic heterocycles. The van der Waals surface area contributed by atoms with E-state index < -0.39 is 0 Å². The molecule has 0 amide bonds. The van der Waals surface area contributed by atoms with E-state index in [1.165, 1.54) is 11.1 Å². The normalized spacial score (nSPS) is 10.8. The molecule has 0 aliphatic carbocycles. The Morgan fingerprint density at radius 2 is 1.62 bits per heavy atom. The minimum atomic E-state index is 0.994. The summed E-state index contributed by atoms with van der Waals surface area (Å²) in [6.07, 6.45) is 2.98. The monoisotopic (exact) mass is 209 g/mol. The van der Waals surface area contributed by atoms with E-state index in [0.717, 1.165) is 12.1 Å². The Morgan fingerprint density at radius 3 is 2.38 bits per heavy atom. The molecule has 0 fully saturated rings. The van der Waals surface area contributed by atoms with E-state index in [-0.39, 0.29) is 0 Å². The van der Waals surface area contributed by atoms with E-state index in [1.807, 2.05) is 42.6 Å². The molecule has 0 heterocycles. The van der Waals surface area contributed by atoms with Crippen LogP contribution in [0.2, 0.25) is 0 Å². The predicted octanol–water partition coefficient (Wildman–Crippen LogP) is 4.00. The molecule has 0 bridgehead atoms. The molecular formula is C15H15N. The fourth-order valence-corrected chi connectivity index (χ4v) is 1.64. The Balaban J connectivity index is 2.24. The molecule has 0 saturated heterocycles. The van der Waals surface area contributed by atoms with Crippen molar-refractivity contribution in [2.75, 3.05) is 0 Å². The van der Waals surface area contributed by atoms with Crippen LogP contribution in [0.5, 0.6) is 0 Å². The van der Waals surface area contributed by atoms with Crippen molar-refractivity contribution in [3.8, 4) is 0 Å². The van der Waals surface area contributed by atoms with Crippen LogP contribution in [0.4, 0.5) is 5.69 Å². The van der Waals surface area contributed by atoms with Gasteiger partial charge in [0.25, 0.3) is 0 Å². The molecule has 0 spiro atoms. The smallest absolute Gasteiger partial charge is 0.0629 e. The lowest BCUT2D eigenvalue weighted by Crippen LogP contribution is -1.89. The third kappa shape index (κ3) is 2.57. The highest BCUT2D eigenvalue weighted by molar-refractivity contribution is 5.83. The van der Waals surface area contributed by atoms with Gasteiger partial charge in [-0.3, -0.25) is 4.99 Å². The van der Waals surface area contributed by atoms with Crippen molar-refractivity contribution in [3.63, 3.8) is 0 Å². The second-order valence-corrected chi connectivity index (χ2v) is 3.65. The second kappa shape index (κ2) is 5.26. The Labute approximate surface area is 96.5 Å². The number of aryl methyl sites for hydroxylation is 1. The number of benzene rings is 2. The first kappa shape index (κ1) is 10.6. The maximum absolute atomic E-state index is 4.46. The highest BCUT2D eigenvalue weighted by Crippen LogP contribution is 2.12. The zero-order valence-electron chi connectivity index (χ0n) is 9.43. The van der Waals surface area contributed by atoms with Crippen LogP contribution in [0.3, 0.4) is 0 Å². The van der Waals surface area contributed by atoms with Gasteiger partial charge in [-0.1, -0.05) is 49.4 Å². The summed E-state index contributed by atoms with van der Waals surface area (Å²) in [6, 6.07) is 18.4. The molecule has 0 aliphatic heterocycles. The fourth-order valence-electron chi connectivity index (χ4n) is 1.64. The average Bonchev–Trinajstić information content (AvgIpc) is 2.38. The molecule has 80 valence electrons. The Hall–Kier alpha value is -1.89. The Morgan fingerprint density at radius 1 is 0.938 bits per heavy atom. The van der Waals surface area contributed by atoms with E-state index in [9.17, 15) is 0 Å². The first-order chi connectivity index (χ1) is 7.90. The molecule has 0 N–H and O–H groups in total. The highest BCUT2D eigenvalue weighted by atomic mass is 14.7. The Bertz CT molecular complexity index is 472. The van der Waals surface area contributed by atoms with Gasteiger partial charge in [-0.05, 0) is 29.7 Å². The zero-order chi connectivity index (χ0) is 11.2. The average molecular weight is 209 g/mol. The zero-order valence-corrected chi connectivity index (χ0v) is 9.43. The van der Waals surface area contributed by atoms with Crippen LogP contribution in [0.25, 0.3) is 0 Å². The van der Waals surface area contributed by atoms with Gasteiger partial charge in [0, 0.05) is 6.21 Å². The number of hydrogen-bond acceptors (Lipinski definition) is 1. The molecule has 0 atom stereocenters. The van der Waals surface area contributed by atoms with Gasteiger partial charge in [-0.15, -0.1) is 0 Å². The standard InChI is InChI=1S/C15H15N/c1-2-13-8-6-7-9-14(13)12-16-15-10-4-3-5-11-15/h3-12H,2H2,1H3.